The first-order valence-corrected chi connectivity index (χ1v) is 6.11. The number of fused-ring (bicyclic) bond motifs is 1. The second-order valence-corrected chi connectivity index (χ2v) is 4.95. The average Bonchev–Trinajstić information content (AvgIpc) is 2.62. The molecule has 3 rings (SSSR count). The summed E-state index contributed by atoms with van der Waals surface area (Å²) in [6.07, 6.45) is 0. The van der Waals surface area contributed by atoms with Gasteiger partial charge in [0.25, 0.3) is 0 Å². The third-order valence-corrected chi connectivity index (χ3v) is 3.58. The first kappa shape index (κ1) is 11.1. The quantitative estimate of drug-likeness (QED) is 0.886. The van der Waals surface area contributed by atoms with Gasteiger partial charge in [-0.2, -0.15) is 0 Å². The van der Waals surface area contributed by atoms with Gasteiger partial charge in [-0.05, 0) is 24.7 Å². The molecule has 92 valence electrons. The van der Waals surface area contributed by atoms with Gasteiger partial charge in [-0.15, -0.1) is 0 Å². The molecule has 4 nitrogen and oxygen atoms in total. The second-order valence-electron chi connectivity index (χ2n) is 4.54. The van der Waals surface area contributed by atoms with Crippen molar-refractivity contribution in [2.45, 2.75) is 12.6 Å². The van der Waals surface area contributed by atoms with E-state index in [4.69, 9.17) is 21.1 Å². The van der Waals surface area contributed by atoms with Crippen molar-refractivity contribution in [1.82, 2.24) is 10.2 Å². The van der Waals surface area contributed by atoms with E-state index in [0.717, 1.165) is 30.9 Å². The summed E-state index contributed by atoms with van der Waals surface area (Å²) in [5, 5.41) is 3.90. The van der Waals surface area contributed by atoms with Crippen LogP contribution in [-0.2, 0) is 6.54 Å². The number of rotatable bonds is 3. The Bertz CT molecular complexity index is 435. The van der Waals surface area contributed by atoms with Crippen molar-refractivity contribution in [2.24, 2.45) is 0 Å². The van der Waals surface area contributed by atoms with E-state index >= 15 is 0 Å². The Morgan fingerprint density at radius 2 is 2.24 bits per heavy atom. The van der Waals surface area contributed by atoms with E-state index in [1.807, 2.05) is 12.1 Å². The summed E-state index contributed by atoms with van der Waals surface area (Å²) >= 11 is 6.15. The number of nitrogens with one attached hydrogen (secondary N) is 1. The summed E-state index contributed by atoms with van der Waals surface area (Å²) in [4.78, 5) is 2.32. The van der Waals surface area contributed by atoms with Crippen molar-refractivity contribution < 1.29 is 9.47 Å². The molecule has 0 aromatic heterocycles. The van der Waals surface area contributed by atoms with Gasteiger partial charge in [0.2, 0.25) is 6.79 Å². The van der Waals surface area contributed by atoms with Gasteiger partial charge < -0.3 is 14.8 Å². The van der Waals surface area contributed by atoms with Crippen molar-refractivity contribution in [3.05, 3.63) is 22.7 Å². The summed E-state index contributed by atoms with van der Waals surface area (Å²) in [5.41, 5.74) is 1.16. The van der Waals surface area contributed by atoms with Crippen molar-refractivity contribution in [3.63, 3.8) is 0 Å². The van der Waals surface area contributed by atoms with E-state index in [-0.39, 0.29) is 6.79 Å². The maximum absolute atomic E-state index is 6.15. The Balaban J connectivity index is 1.76. The van der Waals surface area contributed by atoms with Gasteiger partial charge in [0, 0.05) is 25.7 Å². The van der Waals surface area contributed by atoms with Crippen molar-refractivity contribution in [3.8, 4) is 11.5 Å². The molecule has 0 amide bonds. The first-order chi connectivity index (χ1) is 8.24. The number of benzene rings is 1. The molecular formula is C12H15ClN2O2. The fraction of sp³-hybridized carbons (Fsp3) is 0.500. The highest BCUT2D eigenvalue weighted by Gasteiger charge is 2.23. The molecule has 0 unspecified atom stereocenters. The van der Waals surface area contributed by atoms with Gasteiger partial charge in [-0.1, -0.05) is 11.6 Å². The molecule has 1 fully saturated rings. The number of hydrogen-bond donors (Lipinski definition) is 1. The third kappa shape index (κ3) is 2.08. The Kier molecular flexibility index (Phi) is 2.86. The molecule has 1 N–H and O–H groups in total. The highest BCUT2D eigenvalue weighted by molar-refractivity contribution is 6.32. The molecule has 5 heteroatoms. The number of likely N-dealkylation sites (N-methyl/N-ethyl adjacent to an activating group) is 1. The van der Waals surface area contributed by atoms with Gasteiger partial charge in [-0.25, -0.2) is 0 Å². The van der Waals surface area contributed by atoms with Crippen LogP contribution in [0.2, 0.25) is 5.02 Å². The predicted molar refractivity (Wildman–Crippen MR) is 65.7 cm³/mol. The van der Waals surface area contributed by atoms with Gasteiger partial charge in [0.1, 0.15) is 0 Å². The SMILES string of the molecule is CN(Cc1cc(Cl)c2c(c1)OCO2)C1CNC1. The van der Waals surface area contributed by atoms with Gasteiger partial charge >= 0.3 is 0 Å². The maximum atomic E-state index is 6.15. The topological polar surface area (TPSA) is 33.7 Å². The molecule has 2 aliphatic heterocycles. The van der Waals surface area contributed by atoms with Crippen LogP contribution >= 0.6 is 11.6 Å². The molecule has 17 heavy (non-hydrogen) atoms. The summed E-state index contributed by atoms with van der Waals surface area (Å²) in [6.45, 7) is 3.27. The van der Waals surface area contributed by atoms with Crippen LogP contribution < -0.4 is 14.8 Å². The molecule has 1 aromatic rings. The fourth-order valence-electron chi connectivity index (χ4n) is 2.11. The van der Waals surface area contributed by atoms with Crippen molar-refractivity contribution in [2.75, 3.05) is 26.9 Å². The number of ether oxygens (including phenoxy) is 2. The summed E-state index contributed by atoms with van der Waals surface area (Å²) in [7, 11) is 2.13. The smallest absolute Gasteiger partial charge is 0.231 e. The minimum absolute atomic E-state index is 0.265. The molecule has 1 saturated heterocycles. The van der Waals surface area contributed by atoms with Crippen molar-refractivity contribution in [1.29, 1.82) is 0 Å². The van der Waals surface area contributed by atoms with Gasteiger partial charge in [0.05, 0.1) is 5.02 Å². The molecule has 0 bridgehead atoms. The average molecular weight is 255 g/mol. The van der Waals surface area contributed by atoms with E-state index in [9.17, 15) is 0 Å². The van der Waals surface area contributed by atoms with Crippen LogP contribution in [0.25, 0.3) is 0 Å². The molecule has 0 saturated carbocycles. The van der Waals surface area contributed by atoms with Crippen LogP contribution in [0, 0.1) is 0 Å². The van der Waals surface area contributed by atoms with Crippen molar-refractivity contribution >= 4 is 11.6 Å². The Hall–Kier alpha value is -0.970. The minimum atomic E-state index is 0.265. The fourth-order valence-corrected chi connectivity index (χ4v) is 2.40. The standard InChI is InChI=1S/C12H15ClN2O2/c1-15(9-4-14-5-9)6-8-2-10(13)12-11(3-8)16-7-17-12/h2-3,9,14H,4-7H2,1H3. The molecular weight excluding hydrogens is 240 g/mol. The summed E-state index contributed by atoms with van der Waals surface area (Å²) in [6, 6.07) is 4.59. The molecule has 0 aliphatic carbocycles. The third-order valence-electron chi connectivity index (χ3n) is 3.30. The van der Waals surface area contributed by atoms with Crippen LogP contribution in [0.15, 0.2) is 12.1 Å². The molecule has 1 aromatic carbocycles. The van der Waals surface area contributed by atoms with Crippen LogP contribution in [0.3, 0.4) is 0 Å². The largest absolute Gasteiger partial charge is 0.454 e. The van der Waals surface area contributed by atoms with E-state index < -0.39 is 0 Å². The predicted octanol–water partition coefficient (Wildman–Crippen LogP) is 1.47. The molecule has 0 radical (unpaired) electrons. The van der Waals surface area contributed by atoms with E-state index in [2.05, 4.69) is 17.3 Å². The van der Waals surface area contributed by atoms with Gasteiger partial charge in [-0.3, -0.25) is 4.90 Å². The molecule has 2 aliphatic rings. The second kappa shape index (κ2) is 4.37. The van der Waals surface area contributed by atoms with Crippen LogP contribution in [0.4, 0.5) is 0 Å². The minimum Gasteiger partial charge on any atom is -0.454 e. The van der Waals surface area contributed by atoms with Crippen LogP contribution in [-0.4, -0.2) is 37.9 Å². The molecule has 2 heterocycles. The highest BCUT2D eigenvalue weighted by atomic mass is 35.5. The lowest BCUT2D eigenvalue weighted by Gasteiger charge is -2.35. The normalized spacial score (nSPS) is 18.5. The molecule has 0 spiro atoms. The summed E-state index contributed by atoms with van der Waals surface area (Å²) in [5.74, 6) is 1.43. The lowest BCUT2D eigenvalue weighted by molar-refractivity contribution is 0.171. The number of halogens is 1. The van der Waals surface area contributed by atoms with Gasteiger partial charge in [0.15, 0.2) is 11.5 Å². The number of hydrogen-bond acceptors (Lipinski definition) is 4. The van der Waals surface area contributed by atoms with Crippen LogP contribution in [0.1, 0.15) is 5.56 Å². The van der Waals surface area contributed by atoms with E-state index in [0.29, 0.717) is 16.8 Å². The van der Waals surface area contributed by atoms with E-state index in [1.165, 1.54) is 0 Å². The zero-order valence-electron chi connectivity index (χ0n) is 9.70. The highest BCUT2D eigenvalue weighted by Crippen LogP contribution is 2.40. The first-order valence-electron chi connectivity index (χ1n) is 5.73. The van der Waals surface area contributed by atoms with E-state index in [1.54, 1.807) is 0 Å². The lowest BCUT2D eigenvalue weighted by Crippen LogP contribution is -2.55. The Labute approximate surface area is 105 Å². The monoisotopic (exact) mass is 254 g/mol. The maximum Gasteiger partial charge on any atom is 0.231 e. The Morgan fingerprint density at radius 1 is 1.41 bits per heavy atom. The number of nitrogens with zero attached hydrogens (tertiary/aromatic N) is 1. The van der Waals surface area contributed by atoms with Crippen LogP contribution in [0.5, 0.6) is 11.5 Å². The lowest BCUT2D eigenvalue weighted by atomic mass is 10.1. The zero-order valence-corrected chi connectivity index (χ0v) is 10.5. The Morgan fingerprint density at radius 3 is 2.94 bits per heavy atom. The zero-order chi connectivity index (χ0) is 11.8. The molecule has 0 atom stereocenters. The summed E-state index contributed by atoms with van der Waals surface area (Å²) < 4.78 is 10.7.